The molecule has 0 amide bonds. The highest BCUT2D eigenvalue weighted by molar-refractivity contribution is 5.67. The van der Waals surface area contributed by atoms with Crippen molar-refractivity contribution in [2.75, 3.05) is 4.90 Å². The van der Waals surface area contributed by atoms with Crippen LogP contribution >= 0.6 is 0 Å². The van der Waals surface area contributed by atoms with Gasteiger partial charge in [-0.1, -0.05) is 36.4 Å². The van der Waals surface area contributed by atoms with Crippen LogP contribution in [0.5, 0.6) is 11.5 Å². The maximum Gasteiger partial charge on any atom is 0.135 e. The predicted molar refractivity (Wildman–Crippen MR) is 93.2 cm³/mol. The van der Waals surface area contributed by atoms with Crippen molar-refractivity contribution < 1.29 is 10.2 Å². The summed E-state index contributed by atoms with van der Waals surface area (Å²) in [6, 6.07) is 23.7. The molecular formula is C20H16N2O2. The summed E-state index contributed by atoms with van der Waals surface area (Å²) in [5.74, 6) is 0.108. The Morgan fingerprint density at radius 2 is 1.58 bits per heavy atom. The summed E-state index contributed by atoms with van der Waals surface area (Å²) < 4.78 is 0. The fourth-order valence-electron chi connectivity index (χ4n) is 2.54. The first-order chi connectivity index (χ1) is 11.7. The van der Waals surface area contributed by atoms with Crippen LogP contribution in [0.3, 0.4) is 0 Å². The first kappa shape index (κ1) is 15.4. The van der Waals surface area contributed by atoms with Gasteiger partial charge in [0.15, 0.2) is 0 Å². The summed E-state index contributed by atoms with van der Waals surface area (Å²) in [5.41, 5.74) is 2.85. The molecule has 0 aliphatic heterocycles. The Balaban J connectivity index is 2.05. The molecule has 0 unspecified atom stereocenters. The lowest BCUT2D eigenvalue weighted by molar-refractivity contribution is 0.473. The van der Waals surface area contributed by atoms with E-state index in [0.717, 1.165) is 16.9 Å². The second-order valence-corrected chi connectivity index (χ2v) is 5.40. The van der Waals surface area contributed by atoms with Crippen molar-refractivity contribution in [3.63, 3.8) is 0 Å². The maximum atomic E-state index is 10.0. The highest BCUT2D eigenvalue weighted by Crippen LogP contribution is 2.32. The quantitative estimate of drug-likeness (QED) is 0.752. The first-order valence-electron chi connectivity index (χ1n) is 7.51. The van der Waals surface area contributed by atoms with Gasteiger partial charge in [-0.25, -0.2) is 0 Å². The van der Waals surface area contributed by atoms with Crippen LogP contribution in [0.1, 0.15) is 11.1 Å². The van der Waals surface area contributed by atoms with Gasteiger partial charge >= 0.3 is 0 Å². The molecule has 0 fully saturated rings. The predicted octanol–water partition coefficient (Wildman–Crippen LogP) is 4.31. The van der Waals surface area contributed by atoms with E-state index in [1.54, 1.807) is 36.4 Å². The minimum Gasteiger partial charge on any atom is -0.508 e. The Bertz CT molecular complexity index is 886. The van der Waals surface area contributed by atoms with Gasteiger partial charge in [0.25, 0.3) is 0 Å². The average molecular weight is 316 g/mol. The second-order valence-electron chi connectivity index (χ2n) is 5.40. The summed E-state index contributed by atoms with van der Waals surface area (Å²) in [6.45, 7) is 0.565. The summed E-state index contributed by atoms with van der Waals surface area (Å²) in [5, 5.41) is 28.8. The fourth-order valence-corrected chi connectivity index (χ4v) is 2.54. The zero-order chi connectivity index (χ0) is 16.9. The van der Waals surface area contributed by atoms with Crippen molar-refractivity contribution >= 4 is 11.4 Å². The van der Waals surface area contributed by atoms with Gasteiger partial charge in [-0.2, -0.15) is 5.26 Å². The number of phenols is 2. The summed E-state index contributed by atoms with van der Waals surface area (Å²) >= 11 is 0. The topological polar surface area (TPSA) is 67.5 Å². The van der Waals surface area contributed by atoms with E-state index in [0.29, 0.717) is 6.54 Å². The van der Waals surface area contributed by atoms with E-state index in [4.69, 9.17) is 5.26 Å². The van der Waals surface area contributed by atoms with E-state index in [2.05, 4.69) is 0 Å². The van der Waals surface area contributed by atoms with Gasteiger partial charge in [0.1, 0.15) is 17.6 Å². The number of hydrogen-bond donors (Lipinski definition) is 2. The van der Waals surface area contributed by atoms with Gasteiger partial charge in [-0.15, -0.1) is 0 Å². The van der Waals surface area contributed by atoms with Gasteiger partial charge in [0, 0.05) is 30.1 Å². The highest BCUT2D eigenvalue weighted by Gasteiger charge is 2.13. The summed E-state index contributed by atoms with van der Waals surface area (Å²) in [7, 11) is 0. The van der Waals surface area contributed by atoms with Crippen LogP contribution in [0.2, 0.25) is 0 Å². The largest absolute Gasteiger partial charge is 0.508 e. The molecule has 0 radical (unpaired) electrons. The molecular weight excluding hydrogens is 300 g/mol. The monoisotopic (exact) mass is 316 g/mol. The molecule has 3 aromatic rings. The third kappa shape index (κ3) is 3.31. The van der Waals surface area contributed by atoms with Crippen LogP contribution < -0.4 is 4.90 Å². The van der Waals surface area contributed by atoms with Crippen LogP contribution in [-0.4, -0.2) is 10.2 Å². The molecule has 4 heteroatoms. The van der Waals surface area contributed by atoms with Gasteiger partial charge in [-0.3, -0.25) is 0 Å². The van der Waals surface area contributed by atoms with E-state index in [-0.39, 0.29) is 17.1 Å². The van der Waals surface area contributed by atoms with Gasteiger partial charge < -0.3 is 15.1 Å². The second kappa shape index (κ2) is 6.76. The van der Waals surface area contributed by atoms with E-state index in [1.165, 1.54) is 0 Å². The normalized spacial score (nSPS) is 10.1. The zero-order valence-corrected chi connectivity index (χ0v) is 12.9. The van der Waals surface area contributed by atoms with Gasteiger partial charge in [-0.05, 0) is 29.8 Å². The van der Waals surface area contributed by atoms with Crippen LogP contribution in [0, 0.1) is 11.3 Å². The Hall–Kier alpha value is -3.45. The Morgan fingerprint density at radius 3 is 2.25 bits per heavy atom. The molecule has 0 aromatic heterocycles. The number of phenolic OH excluding ortho intramolecular Hbond substituents is 2. The van der Waals surface area contributed by atoms with E-state index >= 15 is 0 Å². The zero-order valence-electron chi connectivity index (χ0n) is 12.9. The third-order valence-corrected chi connectivity index (χ3v) is 3.74. The smallest absolute Gasteiger partial charge is 0.135 e. The molecule has 3 rings (SSSR count). The van der Waals surface area contributed by atoms with Gasteiger partial charge in [0.2, 0.25) is 0 Å². The number of aromatic hydroxyl groups is 2. The average Bonchev–Trinajstić information content (AvgIpc) is 2.60. The third-order valence-electron chi connectivity index (χ3n) is 3.74. The van der Waals surface area contributed by atoms with Crippen molar-refractivity contribution in [2.24, 2.45) is 0 Å². The molecule has 0 atom stereocenters. The molecule has 0 aliphatic carbocycles. The van der Waals surface area contributed by atoms with Crippen molar-refractivity contribution in [1.82, 2.24) is 0 Å². The van der Waals surface area contributed by atoms with Crippen molar-refractivity contribution in [3.05, 3.63) is 83.9 Å². The molecule has 3 aromatic carbocycles. The number of rotatable bonds is 4. The van der Waals surface area contributed by atoms with Crippen LogP contribution in [0.4, 0.5) is 11.4 Å². The minimum absolute atomic E-state index is 0.0618. The SMILES string of the molecule is N#Cc1ccc(N(Cc2ccccc2)c2cccc(O)c2)cc1O. The fraction of sp³-hybridized carbons (Fsp3) is 0.0500. The molecule has 0 spiro atoms. The number of anilines is 2. The summed E-state index contributed by atoms with van der Waals surface area (Å²) in [6.07, 6.45) is 0. The molecule has 118 valence electrons. The molecule has 24 heavy (non-hydrogen) atoms. The number of hydrogen-bond acceptors (Lipinski definition) is 4. The maximum absolute atomic E-state index is 10.0. The van der Waals surface area contributed by atoms with Crippen molar-refractivity contribution in [1.29, 1.82) is 5.26 Å². The molecule has 0 aliphatic rings. The van der Waals surface area contributed by atoms with Gasteiger partial charge in [0.05, 0.1) is 5.56 Å². The van der Waals surface area contributed by atoms with Crippen LogP contribution in [-0.2, 0) is 6.54 Å². The minimum atomic E-state index is -0.0618. The molecule has 2 N–H and O–H groups in total. The highest BCUT2D eigenvalue weighted by atomic mass is 16.3. The number of benzene rings is 3. The Kier molecular flexibility index (Phi) is 4.35. The lowest BCUT2D eigenvalue weighted by Gasteiger charge is -2.25. The first-order valence-corrected chi connectivity index (χ1v) is 7.51. The summed E-state index contributed by atoms with van der Waals surface area (Å²) in [4.78, 5) is 1.97. The molecule has 0 saturated heterocycles. The Labute approximate surface area is 140 Å². The van der Waals surface area contributed by atoms with E-state index in [9.17, 15) is 10.2 Å². The van der Waals surface area contributed by atoms with Crippen molar-refractivity contribution in [3.8, 4) is 17.6 Å². The standard InChI is InChI=1S/C20H16N2O2/c21-13-16-9-10-18(12-20(16)24)22(14-15-5-2-1-3-6-15)17-7-4-8-19(23)11-17/h1-12,23-24H,14H2. The molecule has 0 bridgehead atoms. The molecule has 0 heterocycles. The van der Waals surface area contributed by atoms with Crippen LogP contribution in [0.15, 0.2) is 72.8 Å². The van der Waals surface area contributed by atoms with E-state index < -0.39 is 0 Å². The lowest BCUT2D eigenvalue weighted by Crippen LogP contribution is -2.16. The number of nitriles is 1. The lowest BCUT2D eigenvalue weighted by atomic mass is 10.1. The Morgan fingerprint density at radius 1 is 0.833 bits per heavy atom. The molecule has 0 saturated carbocycles. The molecule has 4 nitrogen and oxygen atoms in total. The van der Waals surface area contributed by atoms with E-state index in [1.807, 2.05) is 47.4 Å². The van der Waals surface area contributed by atoms with Crippen LogP contribution in [0.25, 0.3) is 0 Å². The van der Waals surface area contributed by atoms with Crippen molar-refractivity contribution in [2.45, 2.75) is 6.54 Å². The number of nitrogens with zero attached hydrogens (tertiary/aromatic N) is 2.